The van der Waals surface area contributed by atoms with Crippen LogP contribution in [0.1, 0.15) is 48.2 Å². The molecule has 1 fully saturated rings. The number of hydrogen-bond acceptors (Lipinski definition) is 3. The molecule has 0 unspecified atom stereocenters. The average molecular weight is 273 g/mol. The lowest BCUT2D eigenvalue weighted by Crippen LogP contribution is -2.36. The average Bonchev–Trinajstić information content (AvgIpc) is 2.75. The van der Waals surface area contributed by atoms with Gasteiger partial charge in [-0.1, -0.05) is 19.3 Å². The molecule has 3 rings (SSSR count). The first-order valence-electron chi connectivity index (χ1n) is 7.18. The first-order valence-corrected chi connectivity index (χ1v) is 7.18. The van der Waals surface area contributed by atoms with E-state index in [0.717, 1.165) is 12.8 Å². The van der Waals surface area contributed by atoms with Crippen molar-refractivity contribution in [3.05, 3.63) is 29.5 Å². The summed E-state index contributed by atoms with van der Waals surface area (Å²) in [4.78, 5) is 12.5. The zero-order valence-corrected chi connectivity index (χ0v) is 11.6. The minimum atomic E-state index is -0.0984. The Hall–Kier alpha value is -1.97. The number of phenolic OH excluding ortho intramolecular Hbond substituents is 1. The summed E-state index contributed by atoms with van der Waals surface area (Å²) in [5, 5.41) is 13.4. The second-order valence-electron chi connectivity index (χ2n) is 5.52. The number of hydrogen-bond donors (Lipinski definition) is 2. The van der Waals surface area contributed by atoms with Crippen LogP contribution >= 0.6 is 0 Å². The molecule has 1 saturated carbocycles. The van der Waals surface area contributed by atoms with E-state index >= 15 is 0 Å². The van der Waals surface area contributed by atoms with Crippen molar-refractivity contribution in [2.45, 2.75) is 45.1 Å². The standard InChI is InChI=1S/C16H19NO3/c1-10-15(13-9-12(18)7-8-14(13)20-10)16(19)17-11-5-3-2-4-6-11/h7-9,11,18H,2-6H2,1H3,(H,17,19). The summed E-state index contributed by atoms with van der Waals surface area (Å²) < 4.78 is 5.59. The number of carbonyl (C=O) groups is 1. The van der Waals surface area contributed by atoms with Crippen LogP contribution in [0, 0.1) is 6.92 Å². The Labute approximate surface area is 117 Å². The SMILES string of the molecule is Cc1oc2ccc(O)cc2c1C(=O)NC1CCCCC1. The zero-order valence-electron chi connectivity index (χ0n) is 11.6. The fraction of sp³-hybridized carbons (Fsp3) is 0.438. The molecule has 1 aromatic heterocycles. The van der Waals surface area contributed by atoms with Gasteiger partial charge in [-0.25, -0.2) is 0 Å². The van der Waals surface area contributed by atoms with E-state index in [1.54, 1.807) is 25.1 Å². The number of phenols is 1. The maximum atomic E-state index is 12.5. The molecule has 1 aliphatic carbocycles. The highest BCUT2D eigenvalue weighted by Crippen LogP contribution is 2.29. The third kappa shape index (κ3) is 2.38. The normalized spacial score (nSPS) is 16.4. The quantitative estimate of drug-likeness (QED) is 0.880. The lowest BCUT2D eigenvalue weighted by atomic mass is 9.95. The number of carbonyl (C=O) groups excluding carboxylic acids is 1. The predicted octanol–water partition coefficient (Wildman–Crippen LogP) is 3.51. The van der Waals surface area contributed by atoms with Gasteiger partial charge >= 0.3 is 0 Å². The molecule has 4 heteroatoms. The number of aryl methyl sites for hydroxylation is 1. The van der Waals surface area contributed by atoms with Crippen molar-refractivity contribution in [3.63, 3.8) is 0 Å². The molecule has 0 radical (unpaired) electrons. The van der Waals surface area contributed by atoms with Crippen molar-refractivity contribution in [1.82, 2.24) is 5.32 Å². The number of fused-ring (bicyclic) bond motifs is 1. The summed E-state index contributed by atoms with van der Waals surface area (Å²) in [5.74, 6) is 0.641. The van der Waals surface area contributed by atoms with E-state index in [1.165, 1.54) is 19.3 Å². The highest BCUT2D eigenvalue weighted by molar-refractivity contribution is 6.07. The maximum absolute atomic E-state index is 12.5. The van der Waals surface area contributed by atoms with Crippen molar-refractivity contribution in [2.24, 2.45) is 0 Å². The van der Waals surface area contributed by atoms with E-state index < -0.39 is 0 Å². The Balaban J connectivity index is 1.90. The second kappa shape index (κ2) is 5.19. The molecule has 1 aromatic carbocycles. The molecule has 0 aliphatic heterocycles. The maximum Gasteiger partial charge on any atom is 0.255 e. The molecule has 2 aromatic rings. The van der Waals surface area contributed by atoms with Crippen LogP contribution in [0.4, 0.5) is 0 Å². The van der Waals surface area contributed by atoms with E-state index in [0.29, 0.717) is 22.3 Å². The van der Waals surface area contributed by atoms with Crippen molar-refractivity contribution < 1.29 is 14.3 Å². The molecule has 0 bridgehead atoms. The van der Waals surface area contributed by atoms with Gasteiger partial charge in [0, 0.05) is 11.4 Å². The summed E-state index contributed by atoms with van der Waals surface area (Å²) in [6.07, 6.45) is 5.71. The highest BCUT2D eigenvalue weighted by atomic mass is 16.3. The predicted molar refractivity (Wildman–Crippen MR) is 77.0 cm³/mol. The molecule has 20 heavy (non-hydrogen) atoms. The molecule has 106 valence electrons. The molecule has 0 spiro atoms. The van der Waals surface area contributed by atoms with Gasteiger partial charge in [-0.15, -0.1) is 0 Å². The van der Waals surface area contributed by atoms with Crippen molar-refractivity contribution in [1.29, 1.82) is 0 Å². The molecule has 4 nitrogen and oxygen atoms in total. The van der Waals surface area contributed by atoms with Crippen molar-refractivity contribution >= 4 is 16.9 Å². The van der Waals surface area contributed by atoms with Gasteiger partial charge in [-0.3, -0.25) is 4.79 Å². The van der Waals surface area contributed by atoms with Gasteiger partial charge < -0.3 is 14.8 Å². The molecule has 1 amide bonds. The fourth-order valence-electron chi connectivity index (χ4n) is 2.99. The van der Waals surface area contributed by atoms with Gasteiger partial charge in [-0.05, 0) is 38.0 Å². The molecule has 1 aliphatic rings. The topological polar surface area (TPSA) is 62.5 Å². The fourth-order valence-corrected chi connectivity index (χ4v) is 2.99. The van der Waals surface area contributed by atoms with Crippen LogP contribution in [0.5, 0.6) is 5.75 Å². The molecule has 0 atom stereocenters. The summed E-state index contributed by atoms with van der Waals surface area (Å²) in [6.45, 7) is 1.78. The molecular weight excluding hydrogens is 254 g/mol. The van der Waals surface area contributed by atoms with E-state index in [9.17, 15) is 9.90 Å². The molecular formula is C16H19NO3. The lowest BCUT2D eigenvalue weighted by Gasteiger charge is -2.22. The van der Waals surface area contributed by atoms with Crippen LogP contribution in [-0.2, 0) is 0 Å². The van der Waals surface area contributed by atoms with E-state index in [-0.39, 0.29) is 17.7 Å². The van der Waals surface area contributed by atoms with E-state index in [2.05, 4.69) is 5.32 Å². The Bertz CT molecular complexity index is 638. The Morgan fingerprint density at radius 3 is 2.80 bits per heavy atom. The smallest absolute Gasteiger partial charge is 0.255 e. The van der Waals surface area contributed by atoms with Gasteiger partial charge in [0.15, 0.2) is 0 Å². The number of aromatic hydroxyl groups is 1. The minimum absolute atomic E-state index is 0.0984. The van der Waals surface area contributed by atoms with Crippen LogP contribution in [0.3, 0.4) is 0 Å². The Morgan fingerprint density at radius 1 is 1.30 bits per heavy atom. The van der Waals surface area contributed by atoms with Crippen LogP contribution in [-0.4, -0.2) is 17.1 Å². The van der Waals surface area contributed by atoms with Gasteiger partial charge in [0.25, 0.3) is 5.91 Å². The summed E-state index contributed by atoms with van der Waals surface area (Å²) >= 11 is 0. The van der Waals surface area contributed by atoms with Crippen LogP contribution < -0.4 is 5.32 Å². The number of furan rings is 1. The second-order valence-corrected chi connectivity index (χ2v) is 5.52. The minimum Gasteiger partial charge on any atom is -0.508 e. The van der Waals surface area contributed by atoms with Crippen LogP contribution in [0.2, 0.25) is 0 Å². The first-order chi connectivity index (χ1) is 9.65. The summed E-state index contributed by atoms with van der Waals surface area (Å²) in [5.41, 5.74) is 1.18. The number of nitrogens with one attached hydrogen (secondary N) is 1. The van der Waals surface area contributed by atoms with Gasteiger partial charge in [0.2, 0.25) is 0 Å². The zero-order chi connectivity index (χ0) is 14.1. The van der Waals surface area contributed by atoms with Gasteiger partial charge in [0.05, 0.1) is 5.56 Å². The highest BCUT2D eigenvalue weighted by Gasteiger charge is 2.22. The van der Waals surface area contributed by atoms with Crippen molar-refractivity contribution in [3.8, 4) is 5.75 Å². The van der Waals surface area contributed by atoms with Gasteiger partial charge in [-0.2, -0.15) is 0 Å². The molecule has 1 heterocycles. The monoisotopic (exact) mass is 273 g/mol. The third-order valence-corrected chi connectivity index (χ3v) is 4.02. The summed E-state index contributed by atoms with van der Waals surface area (Å²) in [6, 6.07) is 5.10. The summed E-state index contributed by atoms with van der Waals surface area (Å²) in [7, 11) is 0. The first kappa shape index (κ1) is 13.0. The number of amides is 1. The third-order valence-electron chi connectivity index (χ3n) is 4.02. The lowest BCUT2D eigenvalue weighted by molar-refractivity contribution is 0.0927. The van der Waals surface area contributed by atoms with E-state index in [1.807, 2.05) is 0 Å². The van der Waals surface area contributed by atoms with E-state index in [4.69, 9.17) is 4.42 Å². The molecule has 0 saturated heterocycles. The van der Waals surface area contributed by atoms with Gasteiger partial charge in [0.1, 0.15) is 17.1 Å². The Kier molecular flexibility index (Phi) is 3.38. The number of rotatable bonds is 2. The molecule has 2 N–H and O–H groups in total. The van der Waals surface area contributed by atoms with Crippen molar-refractivity contribution in [2.75, 3.05) is 0 Å². The Morgan fingerprint density at radius 2 is 2.05 bits per heavy atom. The largest absolute Gasteiger partial charge is 0.508 e. The van der Waals surface area contributed by atoms with Crippen LogP contribution in [0.15, 0.2) is 22.6 Å². The van der Waals surface area contributed by atoms with Crippen LogP contribution in [0.25, 0.3) is 11.0 Å². The number of benzene rings is 1.